The molecule has 2 atom stereocenters. The van der Waals surface area contributed by atoms with Crippen LogP contribution in [0.25, 0.3) is 0 Å². The summed E-state index contributed by atoms with van der Waals surface area (Å²) in [6.45, 7) is 1.99. The number of benzene rings is 3. The lowest BCUT2D eigenvalue weighted by molar-refractivity contribution is 0.530. The molecule has 2 unspecified atom stereocenters. The predicted octanol–water partition coefficient (Wildman–Crippen LogP) is 7.07. The molecule has 0 saturated carbocycles. The van der Waals surface area contributed by atoms with Crippen molar-refractivity contribution in [2.24, 2.45) is 5.18 Å². The van der Waals surface area contributed by atoms with Crippen molar-refractivity contribution in [2.45, 2.75) is 25.3 Å². The van der Waals surface area contributed by atoms with Crippen molar-refractivity contribution in [3.8, 4) is 0 Å². The van der Waals surface area contributed by atoms with Gasteiger partial charge in [0.25, 0.3) is 0 Å². The van der Waals surface area contributed by atoms with E-state index in [2.05, 4.69) is 21.1 Å². The molecule has 0 N–H and O–H groups in total. The van der Waals surface area contributed by atoms with Crippen LogP contribution in [0.4, 0.5) is 8.78 Å². The Balaban J connectivity index is 2.04. The van der Waals surface area contributed by atoms with Gasteiger partial charge in [-0.1, -0.05) is 57.5 Å². The molecule has 0 aliphatic heterocycles. The van der Waals surface area contributed by atoms with E-state index in [-0.39, 0.29) is 17.9 Å². The third-order valence-corrected chi connectivity index (χ3v) is 5.27. The lowest BCUT2D eigenvalue weighted by Crippen LogP contribution is -2.09. The lowest BCUT2D eigenvalue weighted by atomic mass is 9.82. The highest BCUT2D eigenvalue weighted by atomic mass is 79.9. The molecule has 0 saturated heterocycles. The van der Waals surface area contributed by atoms with Crippen molar-refractivity contribution < 1.29 is 8.78 Å². The molecule has 0 aliphatic rings. The van der Waals surface area contributed by atoms with Crippen LogP contribution in [-0.4, -0.2) is 0 Å². The molecule has 0 aliphatic carbocycles. The first-order chi connectivity index (χ1) is 13.0. The average Bonchev–Trinajstić information content (AvgIpc) is 2.67. The second-order valence-electron chi connectivity index (χ2n) is 6.48. The van der Waals surface area contributed by atoms with Crippen LogP contribution in [0.15, 0.2) is 76.4 Å². The van der Waals surface area contributed by atoms with E-state index < -0.39 is 17.7 Å². The van der Waals surface area contributed by atoms with Crippen molar-refractivity contribution in [2.75, 3.05) is 0 Å². The van der Waals surface area contributed by atoms with Crippen LogP contribution < -0.4 is 0 Å². The number of hydrogen-bond acceptors (Lipinski definition) is 2. The van der Waals surface area contributed by atoms with Crippen LogP contribution in [0, 0.1) is 23.5 Å². The van der Waals surface area contributed by atoms with Crippen LogP contribution in [0.3, 0.4) is 0 Å². The maximum atomic E-state index is 14.2. The first kappa shape index (κ1) is 19.4. The van der Waals surface area contributed by atoms with Gasteiger partial charge in [0.15, 0.2) is 0 Å². The standard InChI is InChI=1S/C22H18BrF2NO/c1-14-4-2-3-5-18(14)19(15-6-8-16(23)9-7-15)13-22(26-27)20-12-17(24)10-11-21(20)25/h2-12,19,22H,13H2,1H3. The molecular formula is C22H18BrF2NO. The largest absolute Gasteiger partial charge is 0.207 e. The van der Waals surface area contributed by atoms with E-state index in [9.17, 15) is 13.7 Å². The summed E-state index contributed by atoms with van der Waals surface area (Å²) in [6.07, 6.45) is 0.246. The highest BCUT2D eigenvalue weighted by molar-refractivity contribution is 9.10. The monoisotopic (exact) mass is 429 g/mol. The molecule has 3 aromatic carbocycles. The van der Waals surface area contributed by atoms with Gasteiger partial charge < -0.3 is 0 Å². The lowest BCUT2D eigenvalue weighted by Gasteiger charge is -2.23. The van der Waals surface area contributed by atoms with Gasteiger partial charge in [0.2, 0.25) is 0 Å². The second kappa shape index (κ2) is 8.53. The van der Waals surface area contributed by atoms with E-state index in [4.69, 9.17) is 0 Å². The summed E-state index contributed by atoms with van der Waals surface area (Å²) in [6, 6.07) is 17.8. The fraction of sp³-hybridized carbons (Fsp3) is 0.182. The Bertz CT molecular complexity index is 943. The zero-order valence-corrected chi connectivity index (χ0v) is 16.3. The highest BCUT2D eigenvalue weighted by Gasteiger charge is 2.25. The molecule has 0 fully saturated rings. The minimum atomic E-state index is -0.992. The smallest absolute Gasteiger partial charge is 0.128 e. The van der Waals surface area contributed by atoms with Crippen LogP contribution in [0.1, 0.15) is 40.6 Å². The molecular weight excluding hydrogens is 412 g/mol. The van der Waals surface area contributed by atoms with Crippen LogP contribution in [0.2, 0.25) is 0 Å². The van der Waals surface area contributed by atoms with Gasteiger partial charge in [-0.2, -0.15) is 4.91 Å². The molecule has 2 nitrogen and oxygen atoms in total. The third-order valence-electron chi connectivity index (χ3n) is 4.74. The Morgan fingerprint density at radius 2 is 1.67 bits per heavy atom. The first-order valence-corrected chi connectivity index (χ1v) is 9.37. The van der Waals surface area contributed by atoms with Crippen LogP contribution in [-0.2, 0) is 0 Å². The van der Waals surface area contributed by atoms with Gasteiger partial charge in [-0.25, -0.2) is 8.78 Å². The SMILES string of the molecule is Cc1ccccc1C(CC(N=O)c1cc(F)ccc1F)c1ccc(Br)cc1. The minimum Gasteiger partial charge on any atom is -0.207 e. The van der Waals surface area contributed by atoms with E-state index in [1.807, 2.05) is 55.5 Å². The summed E-state index contributed by atoms with van der Waals surface area (Å²) in [5.41, 5.74) is 3.07. The van der Waals surface area contributed by atoms with Gasteiger partial charge in [0, 0.05) is 16.0 Å². The number of hydrogen-bond donors (Lipinski definition) is 0. The average molecular weight is 430 g/mol. The van der Waals surface area contributed by atoms with Crippen LogP contribution >= 0.6 is 15.9 Å². The molecule has 138 valence electrons. The van der Waals surface area contributed by atoms with Crippen molar-refractivity contribution >= 4 is 15.9 Å². The molecule has 0 bridgehead atoms. The molecule has 0 aromatic heterocycles. The molecule has 27 heavy (non-hydrogen) atoms. The number of halogens is 3. The fourth-order valence-corrected chi connectivity index (χ4v) is 3.60. The van der Waals surface area contributed by atoms with E-state index in [1.54, 1.807) is 0 Å². The number of nitroso groups, excluding NO2 is 1. The first-order valence-electron chi connectivity index (χ1n) is 8.58. The maximum absolute atomic E-state index is 14.2. The summed E-state index contributed by atoms with van der Waals surface area (Å²) in [5, 5.41) is 3.13. The van der Waals surface area contributed by atoms with Crippen LogP contribution in [0.5, 0.6) is 0 Å². The molecule has 0 radical (unpaired) electrons. The third kappa shape index (κ3) is 4.48. The molecule has 3 aromatic rings. The minimum absolute atomic E-state index is 0.0132. The zero-order chi connectivity index (χ0) is 19.4. The Morgan fingerprint density at radius 1 is 0.963 bits per heavy atom. The fourth-order valence-electron chi connectivity index (χ4n) is 3.34. The summed E-state index contributed by atoms with van der Waals surface area (Å²) < 4.78 is 28.8. The van der Waals surface area contributed by atoms with Crippen molar-refractivity contribution in [3.63, 3.8) is 0 Å². The van der Waals surface area contributed by atoms with E-state index in [0.717, 1.165) is 39.4 Å². The number of rotatable bonds is 6. The maximum Gasteiger partial charge on any atom is 0.128 e. The van der Waals surface area contributed by atoms with Gasteiger partial charge in [0.1, 0.15) is 17.7 Å². The number of nitrogens with zero attached hydrogens (tertiary/aromatic N) is 1. The number of aryl methyl sites for hydroxylation is 1. The van der Waals surface area contributed by atoms with Gasteiger partial charge in [-0.05, 0) is 60.4 Å². The summed E-state index contributed by atoms with van der Waals surface area (Å²) in [4.78, 5) is 11.6. The zero-order valence-electron chi connectivity index (χ0n) is 14.7. The summed E-state index contributed by atoms with van der Waals surface area (Å²) in [7, 11) is 0. The van der Waals surface area contributed by atoms with Gasteiger partial charge >= 0.3 is 0 Å². The second-order valence-corrected chi connectivity index (χ2v) is 7.40. The Morgan fingerprint density at radius 3 is 2.33 bits per heavy atom. The quantitative estimate of drug-likeness (QED) is 0.385. The van der Waals surface area contributed by atoms with Gasteiger partial charge in [-0.15, -0.1) is 0 Å². The summed E-state index contributed by atoms with van der Waals surface area (Å²) >= 11 is 3.42. The molecule has 3 rings (SSSR count). The molecule has 5 heteroatoms. The van der Waals surface area contributed by atoms with Gasteiger partial charge in [0.05, 0.1) is 0 Å². The van der Waals surface area contributed by atoms with E-state index >= 15 is 0 Å². The highest BCUT2D eigenvalue weighted by Crippen LogP contribution is 2.38. The topological polar surface area (TPSA) is 29.4 Å². The van der Waals surface area contributed by atoms with E-state index in [0.29, 0.717) is 0 Å². The Hall–Kier alpha value is -2.40. The Labute approximate surface area is 165 Å². The van der Waals surface area contributed by atoms with Crippen molar-refractivity contribution in [1.29, 1.82) is 0 Å². The molecule has 0 amide bonds. The Kier molecular flexibility index (Phi) is 6.11. The van der Waals surface area contributed by atoms with Crippen molar-refractivity contribution in [3.05, 3.63) is 110 Å². The summed E-state index contributed by atoms with van der Waals surface area (Å²) in [5.74, 6) is -1.39. The predicted molar refractivity (Wildman–Crippen MR) is 107 cm³/mol. The van der Waals surface area contributed by atoms with Crippen molar-refractivity contribution in [1.82, 2.24) is 0 Å². The normalized spacial score (nSPS) is 13.2. The van der Waals surface area contributed by atoms with E-state index in [1.165, 1.54) is 0 Å². The molecule has 0 spiro atoms. The van der Waals surface area contributed by atoms with Gasteiger partial charge in [-0.3, -0.25) is 0 Å². The molecule has 0 heterocycles.